The van der Waals surface area contributed by atoms with Crippen molar-refractivity contribution in [2.75, 3.05) is 13.7 Å². The maximum atomic E-state index is 11.1. The van der Waals surface area contributed by atoms with Gasteiger partial charge in [0.15, 0.2) is 0 Å². The van der Waals surface area contributed by atoms with Crippen molar-refractivity contribution in [2.45, 2.75) is 19.3 Å². The number of esters is 1. The largest absolute Gasteiger partial charge is 0.469 e. The maximum absolute atomic E-state index is 11.1. The topological polar surface area (TPSA) is 65.2 Å². The van der Waals surface area contributed by atoms with E-state index in [1.54, 1.807) is 6.20 Å². The highest BCUT2D eigenvalue weighted by atomic mass is 16.5. The molecule has 1 rings (SSSR count). The number of nitrogens with two attached hydrogens (primary N) is 1. The molecule has 0 saturated heterocycles. The van der Waals surface area contributed by atoms with E-state index in [0.29, 0.717) is 6.54 Å². The molecule has 0 fully saturated rings. The Morgan fingerprint density at radius 2 is 2.40 bits per heavy atom. The van der Waals surface area contributed by atoms with E-state index in [2.05, 4.69) is 9.72 Å². The van der Waals surface area contributed by atoms with E-state index in [4.69, 9.17) is 5.73 Å². The van der Waals surface area contributed by atoms with E-state index in [-0.39, 0.29) is 18.3 Å². The van der Waals surface area contributed by atoms with Gasteiger partial charge in [-0.3, -0.25) is 9.78 Å². The Kier molecular flexibility index (Phi) is 4.24. The predicted octanol–water partition coefficient (Wildman–Crippen LogP) is 0.995. The molecule has 0 aliphatic carbocycles. The van der Waals surface area contributed by atoms with E-state index in [1.807, 2.05) is 19.1 Å². The number of carbonyl (C=O) groups excluding carboxylic acids is 1. The number of hydrogen-bond donors (Lipinski definition) is 1. The zero-order valence-electron chi connectivity index (χ0n) is 9.06. The van der Waals surface area contributed by atoms with Gasteiger partial charge < -0.3 is 10.5 Å². The molecule has 4 nitrogen and oxygen atoms in total. The lowest BCUT2D eigenvalue weighted by Crippen LogP contribution is -2.18. The van der Waals surface area contributed by atoms with Crippen LogP contribution in [-0.2, 0) is 9.53 Å². The van der Waals surface area contributed by atoms with E-state index in [9.17, 15) is 4.79 Å². The van der Waals surface area contributed by atoms with Crippen LogP contribution in [0.1, 0.15) is 23.6 Å². The first-order valence-corrected chi connectivity index (χ1v) is 4.86. The molecule has 0 radical (unpaired) electrons. The van der Waals surface area contributed by atoms with Crippen molar-refractivity contribution in [3.8, 4) is 0 Å². The summed E-state index contributed by atoms with van der Waals surface area (Å²) in [4.78, 5) is 15.3. The number of carbonyl (C=O) groups is 1. The Bertz CT molecular complexity index is 339. The highest BCUT2D eigenvalue weighted by molar-refractivity contribution is 5.70. The number of aryl methyl sites for hydroxylation is 1. The van der Waals surface area contributed by atoms with E-state index in [1.165, 1.54) is 7.11 Å². The zero-order chi connectivity index (χ0) is 11.3. The van der Waals surface area contributed by atoms with Crippen molar-refractivity contribution in [3.05, 3.63) is 29.6 Å². The van der Waals surface area contributed by atoms with Crippen LogP contribution in [0.15, 0.2) is 18.3 Å². The van der Waals surface area contributed by atoms with Gasteiger partial charge in [-0.15, -0.1) is 0 Å². The molecule has 4 heteroatoms. The first-order valence-electron chi connectivity index (χ1n) is 4.86. The van der Waals surface area contributed by atoms with E-state index >= 15 is 0 Å². The summed E-state index contributed by atoms with van der Waals surface area (Å²) in [6.07, 6.45) is 2.01. The molecule has 1 atom stereocenters. The molecule has 0 bridgehead atoms. The van der Waals surface area contributed by atoms with Crippen LogP contribution in [0.3, 0.4) is 0 Å². The summed E-state index contributed by atoms with van der Waals surface area (Å²) in [6.45, 7) is 2.38. The SMILES string of the molecule is COC(=O)CC(CN)c1cc(C)ccn1. The molecule has 0 amide bonds. The van der Waals surface area contributed by atoms with Crippen LogP contribution in [0, 0.1) is 6.92 Å². The third kappa shape index (κ3) is 3.32. The molecule has 0 aliphatic heterocycles. The lowest BCUT2D eigenvalue weighted by atomic mass is 10.00. The molecule has 1 aromatic heterocycles. The van der Waals surface area contributed by atoms with Gasteiger partial charge in [-0.2, -0.15) is 0 Å². The van der Waals surface area contributed by atoms with Crippen LogP contribution in [0.2, 0.25) is 0 Å². The molecule has 1 unspecified atom stereocenters. The Morgan fingerprint density at radius 1 is 1.67 bits per heavy atom. The molecule has 2 N–H and O–H groups in total. The number of aromatic nitrogens is 1. The highest BCUT2D eigenvalue weighted by Crippen LogP contribution is 2.17. The van der Waals surface area contributed by atoms with Gasteiger partial charge in [0.2, 0.25) is 0 Å². The standard InChI is InChI=1S/C11H16N2O2/c1-8-3-4-13-10(5-8)9(7-12)6-11(14)15-2/h3-5,9H,6-7,12H2,1-2H3. The number of rotatable bonds is 4. The van der Waals surface area contributed by atoms with Crippen molar-refractivity contribution in [1.29, 1.82) is 0 Å². The Hall–Kier alpha value is -1.42. The normalized spacial score (nSPS) is 12.2. The average Bonchev–Trinajstić information content (AvgIpc) is 2.25. The van der Waals surface area contributed by atoms with Crippen molar-refractivity contribution in [1.82, 2.24) is 4.98 Å². The molecule has 0 spiro atoms. The molecule has 1 heterocycles. The summed E-state index contributed by atoms with van der Waals surface area (Å²) in [5.74, 6) is -0.314. The minimum Gasteiger partial charge on any atom is -0.469 e. The Labute approximate surface area is 89.5 Å². The first kappa shape index (κ1) is 11.7. The van der Waals surface area contributed by atoms with Crippen molar-refractivity contribution in [2.24, 2.45) is 5.73 Å². The minimum absolute atomic E-state index is 0.0580. The number of methoxy groups -OCH3 is 1. The van der Waals surface area contributed by atoms with Gasteiger partial charge >= 0.3 is 5.97 Å². The molecular formula is C11H16N2O2. The summed E-state index contributed by atoms with van der Waals surface area (Å²) < 4.78 is 4.61. The first-order chi connectivity index (χ1) is 7.17. The highest BCUT2D eigenvalue weighted by Gasteiger charge is 2.16. The Morgan fingerprint density at radius 3 is 2.93 bits per heavy atom. The fourth-order valence-electron chi connectivity index (χ4n) is 1.38. The molecule has 0 aromatic carbocycles. The average molecular weight is 208 g/mol. The molecule has 82 valence electrons. The second-order valence-corrected chi connectivity index (χ2v) is 3.47. The molecule has 1 aromatic rings. The zero-order valence-corrected chi connectivity index (χ0v) is 9.06. The van der Waals surface area contributed by atoms with E-state index < -0.39 is 0 Å². The van der Waals surface area contributed by atoms with Crippen LogP contribution in [0.25, 0.3) is 0 Å². The van der Waals surface area contributed by atoms with E-state index in [0.717, 1.165) is 11.3 Å². The fraction of sp³-hybridized carbons (Fsp3) is 0.455. The molecule has 15 heavy (non-hydrogen) atoms. The van der Waals surface area contributed by atoms with Gasteiger partial charge in [0.1, 0.15) is 0 Å². The van der Waals surface area contributed by atoms with Crippen LogP contribution < -0.4 is 5.73 Å². The van der Waals surface area contributed by atoms with Crippen LogP contribution in [0.4, 0.5) is 0 Å². The summed E-state index contributed by atoms with van der Waals surface area (Å²) >= 11 is 0. The van der Waals surface area contributed by atoms with Gasteiger partial charge in [-0.1, -0.05) is 0 Å². The number of hydrogen-bond acceptors (Lipinski definition) is 4. The van der Waals surface area contributed by atoms with Crippen LogP contribution in [-0.4, -0.2) is 24.6 Å². The van der Waals surface area contributed by atoms with Crippen molar-refractivity contribution >= 4 is 5.97 Å². The van der Waals surface area contributed by atoms with Gasteiger partial charge in [0, 0.05) is 24.4 Å². The van der Waals surface area contributed by atoms with Crippen LogP contribution in [0.5, 0.6) is 0 Å². The van der Waals surface area contributed by atoms with Gasteiger partial charge in [0.05, 0.1) is 13.5 Å². The molecule has 0 saturated carbocycles. The number of nitrogens with zero attached hydrogens (tertiary/aromatic N) is 1. The summed E-state index contributed by atoms with van der Waals surface area (Å²) in [5, 5.41) is 0. The quantitative estimate of drug-likeness (QED) is 0.749. The third-order valence-electron chi connectivity index (χ3n) is 2.28. The third-order valence-corrected chi connectivity index (χ3v) is 2.28. The Balaban J connectivity index is 2.78. The minimum atomic E-state index is -0.256. The maximum Gasteiger partial charge on any atom is 0.306 e. The van der Waals surface area contributed by atoms with Gasteiger partial charge in [0.25, 0.3) is 0 Å². The van der Waals surface area contributed by atoms with Gasteiger partial charge in [-0.25, -0.2) is 0 Å². The summed E-state index contributed by atoms with van der Waals surface area (Å²) in [5.41, 5.74) is 7.57. The monoisotopic (exact) mass is 208 g/mol. The van der Waals surface area contributed by atoms with Crippen molar-refractivity contribution in [3.63, 3.8) is 0 Å². The fourth-order valence-corrected chi connectivity index (χ4v) is 1.38. The van der Waals surface area contributed by atoms with Crippen molar-refractivity contribution < 1.29 is 9.53 Å². The second kappa shape index (κ2) is 5.46. The summed E-state index contributed by atoms with van der Waals surface area (Å²) in [7, 11) is 1.37. The number of ether oxygens (including phenoxy) is 1. The second-order valence-electron chi connectivity index (χ2n) is 3.47. The number of pyridine rings is 1. The van der Waals surface area contributed by atoms with Crippen LogP contribution >= 0.6 is 0 Å². The smallest absolute Gasteiger partial charge is 0.306 e. The molecular weight excluding hydrogens is 192 g/mol. The van der Waals surface area contributed by atoms with Gasteiger partial charge in [-0.05, 0) is 24.6 Å². The summed E-state index contributed by atoms with van der Waals surface area (Å²) in [6, 6.07) is 3.86. The molecule has 0 aliphatic rings. The predicted molar refractivity (Wildman–Crippen MR) is 57.4 cm³/mol. The lowest BCUT2D eigenvalue weighted by Gasteiger charge is -2.12. The lowest BCUT2D eigenvalue weighted by molar-refractivity contribution is -0.141.